The van der Waals surface area contributed by atoms with Gasteiger partial charge in [-0.1, -0.05) is 0 Å². The number of thiophene rings is 1. The molecule has 0 saturated heterocycles. The van der Waals surface area contributed by atoms with Gasteiger partial charge in [-0.15, -0.1) is 22.7 Å². The third-order valence-electron chi connectivity index (χ3n) is 2.68. The van der Waals surface area contributed by atoms with E-state index in [-0.39, 0.29) is 5.91 Å². The molecular formula is C13H12N4OS2. The molecule has 0 aliphatic rings. The normalized spacial score (nSPS) is 10.7. The maximum Gasteiger partial charge on any atom is 0.221 e. The quantitative estimate of drug-likeness (QED) is 0.807. The van der Waals surface area contributed by atoms with Crippen LogP contribution in [0.25, 0.3) is 15.6 Å². The largest absolute Gasteiger partial charge is 0.318 e. The number of nitrogens with one attached hydrogen (secondary N) is 1. The van der Waals surface area contributed by atoms with E-state index in [4.69, 9.17) is 0 Å². The van der Waals surface area contributed by atoms with Crippen molar-refractivity contribution in [2.45, 2.75) is 13.8 Å². The average molecular weight is 304 g/mol. The highest BCUT2D eigenvalue weighted by Crippen LogP contribution is 2.33. The van der Waals surface area contributed by atoms with E-state index in [1.54, 1.807) is 22.2 Å². The maximum atomic E-state index is 11.1. The van der Waals surface area contributed by atoms with Gasteiger partial charge in [0, 0.05) is 35.1 Å². The van der Waals surface area contributed by atoms with Crippen LogP contribution in [0.3, 0.4) is 0 Å². The lowest BCUT2D eigenvalue weighted by Gasteiger charge is -1.95. The summed E-state index contributed by atoms with van der Waals surface area (Å²) in [5, 5.41) is 10.9. The smallest absolute Gasteiger partial charge is 0.221 e. The molecule has 20 heavy (non-hydrogen) atoms. The minimum Gasteiger partial charge on any atom is -0.318 e. The first-order valence-electron chi connectivity index (χ1n) is 5.97. The van der Waals surface area contributed by atoms with E-state index in [9.17, 15) is 4.79 Å². The van der Waals surface area contributed by atoms with E-state index in [0.29, 0.717) is 0 Å². The first kappa shape index (κ1) is 13.0. The summed E-state index contributed by atoms with van der Waals surface area (Å²) in [7, 11) is 0. The van der Waals surface area contributed by atoms with Crippen LogP contribution in [-0.2, 0) is 4.79 Å². The van der Waals surface area contributed by atoms with Crippen molar-refractivity contribution in [1.82, 2.24) is 14.8 Å². The Morgan fingerprint density at radius 2 is 2.25 bits per heavy atom. The van der Waals surface area contributed by atoms with Gasteiger partial charge in [-0.2, -0.15) is 5.10 Å². The number of carbonyl (C=O) groups excluding carboxylic acids is 1. The number of aryl methyl sites for hydroxylation is 1. The van der Waals surface area contributed by atoms with Crippen molar-refractivity contribution in [1.29, 1.82) is 0 Å². The molecule has 0 spiro atoms. The lowest BCUT2D eigenvalue weighted by atomic mass is 10.2. The summed E-state index contributed by atoms with van der Waals surface area (Å²) in [6.45, 7) is 3.47. The fraction of sp³-hybridized carbons (Fsp3) is 0.154. The molecule has 0 radical (unpaired) electrons. The number of thiazole rings is 1. The minimum absolute atomic E-state index is 0.0615. The number of anilines is 1. The zero-order valence-electron chi connectivity index (χ0n) is 11.0. The zero-order valence-corrected chi connectivity index (χ0v) is 12.6. The second-order valence-electron chi connectivity index (χ2n) is 4.23. The lowest BCUT2D eigenvalue weighted by molar-refractivity contribution is -0.114. The Bertz CT molecular complexity index is 742. The van der Waals surface area contributed by atoms with Crippen LogP contribution in [0.1, 0.15) is 12.6 Å². The highest BCUT2D eigenvalue weighted by Gasteiger charge is 2.12. The molecule has 5 nitrogen and oxygen atoms in total. The first-order valence-corrected chi connectivity index (χ1v) is 7.67. The molecule has 3 rings (SSSR count). The number of hydrogen-bond acceptors (Lipinski definition) is 5. The van der Waals surface area contributed by atoms with Crippen molar-refractivity contribution in [2.75, 3.05) is 5.32 Å². The predicted octanol–water partition coefficient (Wildman–Crippen LogP) is 3.32. The summed E-state index contributed by atoms with van der Waals surface area (Å²) in [5.74, 6) is -0.0615. The van der Waals surface area contributed by atoms with Crippen LogP contribution in [0.15, 0.2) is 29.9 Å². The van der Waals surface area contributed by atoms with Gasteiger partial charge in [0.1, 0.15) is 0 Å². The third kappa shape index (κ3) is 2.50. The topological polar surface area (TPSA) is 59.8 Å². The summed E-state index contributed by atoms with van der Waals surface area (Å²) in [5.41, 5.74) is 2.00. The Hall–Kier alpha value is -1.99. The van der Waals surface area contributed by atoms with Crippen molar-refractivity contribution in [2.24, 2.45) is 0 Å². The van der Waals surface area contributed by atoms with Gasteiger partial charge in [0.25, 0.3) is 0 Å². The Morgan fingerprint density at radius 3 is 2.95 bits per heavy atom. The predicted molar refractivity (Wildman–Crippen MR) is 81.6 cm³/mol. The highest BCUT2D eigenvalue weighted by molar-refractivity contribution is 7.19. The standard InChI is InChI=1S/C13H12N4OS2/c1-8-10(7-17(16-8)13-14-5-6-19-13)11-3-4-12(20-11)15-9(2)18/h3-7H,1-2H3,(H,15,18). The molecule has 3 aromatic rings. The lowest BCUT2D eigenvalue weighted by Crippen LogP contribution is -2.03. The molecule has 0 atom stereocenters. The van der Waals surface area contributed by atoms with Crippen LogP contribution in [0.5, 0.6) is 0 Å². The molecule has 7 heteroatoms. The van der Waals surface area contributed by atoms with E-state index in [1.165, 1.54) is 18.3 Å². The molecule has 102 valence electrons. The van der Waals surface area contributed by atoms with Crippen LogP contribution in [0, 0.1) is 6.92 Å². The van der Waals surface area contributed by atoms with Gasteiger partial charge in [0.15, 0.2) is 0 Å². The van der Waals surface area contributed by atoms with Gasteiger partial charge in [0.05, 0.1) is 10.7 Å². The van der Waals surface area contributed by atoms with Gasteiger partial charge < -0.3 is 5.32 Å². The van der Waals surface area contributed by atoms with Crippen LogP contribution < -0.4 is 5.32 Å². The second kappa shape index (κ2) is 5.18. The zero-order chi connectivity index (χ0) is 14.1. The second-order valence-corrected chi connectivity index (χ2v) is 6.19. The summed E-state index contributed by atoms with van der Waals surface area (Å²) < 4.78 is 1.78. The SMILES string of the molecule is CC(=O)Nc1ccc(-c2cn(-c3nccs3)nc2C)s1. The number of carbonyl (C=O) groups is 1. The number of hydrogen-bond donors (Lipinski definition) is 1. The van der Waals surface area contributed by atoms with Crippen molar-refractivity contribution < 1.29 is 4.79 Å². The van der Waals surface area contributed by atoms with Crippen molar-refractivity contribution in [3.63, 3.8) is 0 Å². The molecule has 1 amide bonds. The molecule has 3 aromatic heterocycles. The highest BCUT2D eigenvalue weighted by atomic mass is 32.1. The molecule has 3 heterocycles. The molecule has 0 aliphatic heterocycles. The van der Waals surface area contributed by atoms with Gasteiger partial charge in [-0.25, -0.2) is 9.67 Å². The Labute approximate surface area is 123 Å². The summed E-state index contributed by atoms with van der Waals surface area (Å²) in [4.78, 5) is 16.4. The van der Waals surface area contributed by atoms with Crippen molar-refractivity contribution in [3.05, 3.63) is 35.6 Å². The van der Waals surface area contributed by atoms with E-state index < -0.39 is 0 Å². The number of rotatable bonds is 3. The Kier molecular flexibility index (Phi) is 3.37. The molecule has 0 aromatic carbocycles. The van der Waals surface area contributed by atoms with Crippen LogP contribution in [-0.4, -0.2) is 20.7 Å². The van der Waals surface area contributed by atoms with Crippen LogP contribution in [0.4, 0.5) is 5.00 Å². The number of aromatic nitrogens is 3. The maximum absolute atomic E-state index is 11.1. The molecule has 0 aliphatic carbocycles. The number of nitrogens with zero attached hydrogens (tertiary/aromatic N) is 3. The van der Waals surface area contributed by atoms with Crippen molar-refractivity contribution in [3.8, 4) is 15.6 Å². The van der Waals surface area contributed by atoms with Gasteiger partial charge in [-0.05, 0) is 19.1 Å². The first-order chi connectivity index (χ1) is 9.63. The van der Waals surface area contributed by atoms with E-state index in [0.717, 1.165) is 26.3 Å². The molecular weight excluding hydrogens is 292 g/mol. The Morgan fingerprint density at radius 1 is 1.40 bits per heavy atom. The molecule has 0 fully saturated rings. The van der Waals surface area contributed by atoms with Gasteiger partial charge in [-0.3, -0.25) is 4.79 Å². The van der Waals surface area contributed by atoms with Crippen LogP contribution in [0.2, 0.25) is 0 Å². The molecule has 0 unspecified atom stereocenters. The van der Waals surface area contributed by atoms with E-state index >= 15 is 0 Å². The van der Waals surface area contributed by atoms with Gasteiger partial charge >= 0.3 is 0 Å². The molecule has 0 saturated carbocycles. The van der Waals surface area contributed by atoms with E-state index in [1.807, 2.05) is 30.6 Å². The fourth-order valence-electron chi connectivity index (χ4n) is 1.85. The summed E-state index contributed by atoms with van der Waals surface area (Å²) in [6, 6.07) is 3.90. The minimum atomic E-state index is -0.0615. The number of amides is 1. The van der Waals surface area contributed by atoms with Crippen LogP contribution >= 0.6 is 22.7 Å². The third-order valence-corrected chi connectivity index (χ3v) is 4.48. The summed E-state index contributed by atoms with van der Waals surface area (Å²) >= 11 is 3.08. The monoisotopic (exact) mass is 304 g/mol. The van der Waals surface area contributed by atoms with Crippen molar-refractivity contribution >= 4 is 33.6 Å². The average Bonchev–Trinajstić information content (AvgIpc) is 3.07. The summed E-state index contributed by atoms with van der Waals surface area (Å²) in [6.07, 6.45) is 3.73. The molecule has 0 bridgehead atoms. The Balaban J connectivity index is 1.94. The molecule has 1 N–H and O–H groups in total. The van der Waals surface area contributed by atoms with Gasteiger partial charge in [0.2, 0.25) is 11.0 Å². The van der Waals surface area contributed by atoms with E-state index in [2.05, 4.69) is 15.4 Å². The fourth-order valence-corrected chi connectivity index (χ4v) is 3.43.